The molecule has 1 unspecified atom stereocenters. The van der Waals surface area contributed by atoms with Gasteiger partial charge in [0.05, 0.1) is 17.8 Å². The monoisotopic (exact) mass is 289 g/mol. The van der Waals surface area contributed by atoms with E-state index in [1.165, 1.54) is 12.5 Å². The molecular weight excluding hydrogens is 265 g/mol. The fourth-order valence-electron chi connectivity index (χ4n) is 3.72. The maximum Gasteiger partial charge on any atom is 0.196 e. The molecule has 2 N–H and O–H groups in total. The summed E-state index contributed by atoms with van der Waals surface area (Å²) in [6.07, 6.45) is 5.51. The molecule has 1 atom stereocenters. The zero-order valence-electron chi connectivity index (χ0n) is 12.9. The lowest BCUT2D eigenvalue weighted by molar-refractivity contribution is 0.302. The van der Waals surface area contributed by atoms with Gasteiger partial charge in [-0.25, -0.2) is 4.39 Å². The van der Waals surface area contributed by atoms with Crippen LogP contribution in [0, 0.1) is 11.2 Å². The summed E-state index contributed by atoms with van der Waals surface area (Å²) in [7, 11) is 0. The zero-order chi connectivity index (χ0) is 15.1. The Morgan fingerprint density at radius 3 is 2.67 bits per heavy atom. The summed E-state index contributed by atoms with van der Waals surface area (Å²) >= 11 is 0. The molecule has 21 heavy (non-hydrogen) atoms. The minimum Gasteiger partial charge on any atom is -0.369 e. The number of rotatable bonds is 1. The van der Waals surface area contributed by atoms with E-state index < -0.39 is 0 Å². The average Bonchev–Trinajstić information content (AvgIpc) is 2.66. The van der Waals surface area contributed by atoms with E-state index in [2.05, 4.69) is 18.8 Å². The molecule has 1 saturated carbocycles. The number of nitrogens with two attached hydrogens (primary N) is 1. The van der Waals surface area contributed by atoms with Gasteiger partial charge in [-0.15, -0.1) is 0 Å². The quantitative estimate of drug-likeness (QED) is 0.856. The maximum absolute atomic E-state index is 14.3. The van der Waals surface area contributed by atoms with Gasteiger partial charge in [0.15, 0.2) is 5.96 Å². The zero-order valence-corrected chi connectivity index (χ0v) is 12.9. The molecule has 1 aromatic rings. The van der Waals surface area contributed by atoms with Crippen molar-refractivity contribution in [3.8, 4) is 0 Å². The van der Waals surface area contributed by atoms with Gasteiger partial charge in [-0.1, -0.05) is 32.4 Å². The lowest BCUT2D eigenvalue weighted by Crippen LogP contribution is -2.52. The van der Waals surface area contributed by atoms with Crippen LogP contribution in [0.3, 0.4) is 0 Å². The first-order valence-corrected chi connectivity index (χ1v) is 7.78. The number of aliphatic imine (C=N–C) groups is 1. The van der Waals surface area contributed by atoms with Crippen molar-refractivity contribution in [2.24, 2.45) is 16.1 Å². The van der Waals surface area contributed by atoms with Gasteiger partial charge in [0.25, 0.3) is 0 Å². The van der Waals surface area contributed by atoms with E-state index in [9.17, 15) is 4.39 Å². The summed E-state index contributed by atoms with van der Waals surface area (Å²) in [5, 5.41) is 0. The highest BCUT2D eigenvalue weighted by atomic mass is 19.1. The first kappa shape index (κ1) is 14.4. The number of hydrogen-bond donors (Lipinski definition) is 1. The van der Waals surface area contributed by atoms with Crippen LogP contribution in [-0.4, -0.2) is 18.0 Å². The topological polar surface area (TPSA) is 41.6 Å². The summed E-state index contributed by atoms with van der Waals surface area (Å²) in [5.74, 6) is 0.236. The highest BCUT2D eigenvalue weighted by Crippen LogP contribution is 2.44. The van der Waals surface area contributed by atoms with Gasteiger partial charge in [-0.2, -0.15) is 0 Å². The van der Waals surface area contributed by atoms with Gasteiger partial charge in [-0.05, 0) is 43.2 Å². The van der Waals surface area contributed by atoms with Crippen molar-refractivity contribution in [3.63, 3.8) is 0 Å². The predicted molar refractivity (Wildman–Crippen MR) is 85.0 cm³/mol. The third-order valence-corrected chi connectivity index (χ3v) is 5.09. The summed E-state index contributed by atoms with van der Waals surface area (Å²) in [5.41, 5.74) is 6.89. The molecule has 1 aliphatic heterocycles. The van der Waals surface area contributed by atoms with E-state index in [1.54, 1.807) is 12.1 Å². The molecule has 0 saturated heterocycles. The molecule has 0 bridgehead atoms. The molecule has 114 valence electrons. The smallest absolute Gasteiger partial charge is 0.196 e. The number of para-hydroxylation sites is 1. The van der Waals surface area contributed by atoms with Gasteiger partial charge < -0.3 is 10.6 Å². The second-order valence-electron chi connectivity index (χ2n) is 7.20. The number of anilines is 1. The lowest BCUT2D eigenvalue weighted by Gasteiger charge is -2.39. The Labute approximate surface area is 126 Å². The molecule has 0 radical (unpaired) electrons. The first-order chi connectivity index (χ1) is 9.94. The highest BCUT2D eigenvalue weighted by Gasteiger charge is 2.45. The van der Waals surface area contributed by atoms with Crippen LogP contribution in [0.4, 0.5) is 10.1 Å². The third kappa shape index (κ3) is 2.52. The van der Waals surface area contributed by atoms with Crippen molar-refractivity contribution < 1.29 is 4.39 Å². The Hall–Kier alpha value is -1.58. The average molecular weight is 289 g/mol. The van der Waals surface area contributed by atoms with Gasteiger partial charge >= 0.3 is 0 Å². The molecule has 4 heteroatoms. The molecule has 0 aromatic heterocycles. The van der Waals surface area contributed by atoms with Crippen LogP contribution in [0.1, 0.15) is 46.0 Å². The van der Waals surface area contributed by atoms with E-state index in [0.29, 0.717) is 23.6 Å². The molecule has 0 amide bonds. The molecule has 3 nitrogen and oxygen atoms in total. The standard InChI is InChI=1S/C17H24FN3/c1-16(2)8-5-9-17(11-10-16)12-20-15(19)21(17)14-7-4-3-6-13(14)18/h3-4,6-7H,5,8-12H2,1-2H3,(H2,19,20). The van der Waals surface area contributed by atoms with Crippen molar-refractivity contribution in [3.05, 3.63) is 30.1 Å². The van der Waals surface area contributed by atoms with Crippen LogP contribution in [0.2, 0.25) is 0 Å². The summed E-state index contributed by atoms with van der Waals surface area (Å²) in [6.45, 7) is 5.32. The number of benzene rings is 1. The normalized spacial score (nSPS) is 28.5. The van der Waals surface area contributed by atoms with Crippen molar-refractivity contribution in [2.75, 3.05) is 11.4 Å². The maximum atomic E-state index is 14.3. The van der Waals surface area contributed by atoms with Crippen LogP contribution < -0.4 is 10.6 Å². The summed E-state index contributed by atoms with van der Waals surface area (Å²) in [4.78, 5) is 6.42. The number of hydrogen-bond acceptors (Lipinski definition) is 3. The van der Waals surface area contributed by atoms with E-state index in [-0.39, 0.29) is 11.4 Å². The Kier molecular flexibility index (Phi) is 3.42. The van der Waals surface area contributed by atoms with Gasteiger partial charge in [0.1, 0.15) is 5.82 Å². The predicted octanol–water partition coefficient (Wildman–Crippen LogP) is 3.69. The van der Waals surface area contributed by atoms with Crippen molar-refractivity contribution in [1.82, 2.24) is 0 Å². The minimum atomic E-state index is -0.222. The van der Waals surface area contributed by atoms with E-state index in [1.807, 2.05) is 11.0 Å². The highest BCUT2D eigenvalue weighted by molar-refractivity contribution is 5.98. The van der Waals surface area contributed by atoms with Crippen LogP contribution in [0.15, 0.2) is 29.3 Å². The van der Waals surface area contributed by atoms with Crippen molar-refractivity contribution in [2.45, 2.75) is 51.5 Å². The SMILES string of the molecule is CC1(C)CCCC2(CC1)CN=C(N)N2c1ccccc1F. The number of halogens is 1. The van der Waals surface area contributed by atoms with Crippen LogP contribution in [0.25, 0.3) is 0 Å². The van der Waals surface area contributed by atoms with Gasteiger partial charge in [0, 0.05) is 0 Å². The van der Waals surface area contributed by atoms with E-state index in [4.69, 9.17) is 5.73 Å². The van der Waals surface area contributed by atoms with Gasteiger partial charge in [0.2, 0.25) is 0 Å². The second kappa shape index (κ2) is 5.00. The Morgan fingerprint density at radius 1 is 1.14 bits per heavy atom. The Bertz CT molecular complexity index is 567. The largest absolute Gasteiger partial charge is 0.369 e. The van der Waals surface area contributed by atoms with Crippen LogP contribution >= 0.6 is 0 Å². The van der Waals surface area contributed by atoms with Crippen molar-refractivity contribution in [1.29, 1.82) is 0 Å². The second-order valence-corrected chi connectivity index (χ2v) is 7.20. The molecule has 2 aliphatic rings. The molecule has 1 aromatic carbocycles. The summed E-state index contributed by atoms with van der Waals surface area (Å²) < 4.78 is 14.3. The van der Waals surface area contributed by atoms with Crippen LogP contribution in [0.5, 0.6) is 0 Å². The van der Waals surface area contributed by atoms with Crippen molar-refractivity contribution >= 4 is 11.6 Å². The third-order valence-electron chi connectivity index (χ3n) is 5.09. The Morgan fingerprint density at radius 2 is 1.90 bits per heavy atom. The molecule has 1 aliphatic carbocycles. The fourth-order valence-corrected chi connectivity index (χ4v) is 3.72. The molecule has 1 spiro atoms. The molecule has 1 heterocycles. The number of nitrogens with zero attached hydrogens (tertiary/aromatic N) is 2. The molecular formula is C17H24FN3. The molecule has 1 fully saturated rings. The molecule has 3 rings (SSSR count). The van der Waals surface area contributed by atoms with Crippen LogP contribution in [-0.2, 0) is 0 Å². The lowest BCUT2D eigenvalue weighted by atomic mass is 9.83. The van der Waals surface area contributed by atoms with E-state index in [0.717, 1.165) is 25.7 Å². The van der Waals surface area contributed by atoms with E-state index >= 15 is 0 Å². The summed E-state index contributed by atoms with van der Waals surface area (Å²) in [6, 6.07) is 6.87. The minimum absolute atomic E-state index is 0.139. The first-order valence-electron chi connectivity index (χ1n) is 7.78. The number of guanidine groups is 1. The van der Waals surface area contributed by atoms with Gasteiger partial charge in [-0.3, -0.25) is 4.99 Å². The fraction of sp³-hybridized carbons (Fsp3) is 0.588. The Balaban J connectivity index is 1.97.